The molecule has 0 spiro atoms. The SMILES string of the molecule is c1ccc2c(c1)C1c3ccc4c(c3C2c2c1ccc1c2c2ccccc2n1-c1nc(-c2ccc3oc5ccccc5c3c2)cc(-n2c3ccccc3c3ccccc32)n1)c1ccccc1n4-c1nc(-c2ccc3oc4ccccc4c3c2)cc(-n2c3ccccc3c3ccccc32)n1. The molecule has 0 amide bonds. The number of rotatable bonds is 6. The van der Waals surface area contributed by atoms with Crippen molar-refractivity contribution < 1.29 is 8.83 Å². The maximum atomic E-state index is 6.41. The number of hydrogen-bond acceptors (Lipinski definition) is 6. The fraction of sp³-hybridized carbons (Fsp3) is 0.0227. The van der Waals surface area contributed by atoms with Gasteiger partial charge in [-0.2, -0.15) is 9.97 Å². The smallest absolute Gasteiger partial charge is 0.237 e. The number of benzene rings is 13. The summed E-state index contributed by atoms with van der Waals surface area (Å²) in [5.74, 6) is 2.49. The summed E-state index contributed by atoms with van der Waals surface area (Å²) < 4.78 is 22.1. The van der Waals surface area contributed by atoms with Gasteiger partial charge in [0.15, 0.2) is 0 Å². The number of hydrogen-bond donors (Lipinski definition) is 0. The van der Waals surface area contributed by atoms with E-state index in [-0.39, 0.29) is 11.8 Å². The van der Waals surface area contributed by atoms with Gasteiger partial charge in [-0.25, -0.2) is 9.97 Å². The number of fused-ring (bicyclic) bond motifs is 18. The van der Waals surface area contributed by atoms with Crippen molar-refractivity contribution in [2.24, 2.45) is 0 Å². The Morgan fingerprint density at radius 3 is 0.990 bits per heavy atom. The molecule has 0 unspecified atom stereocenters. The van der Waals surface area contributed by atoms with Crippen molar-refractivity contribution in [3.63, 3.8) is 0 Å². The van der Waals surface area contributed by atoms with Crippen molar-refractivity contribution >= 4 is 131 Å². The van der Waals surface area contributed by atoms with E-state index >= 15 is 0 Å². The van der Waals surface area contributed by atoms with Crippen molar-refractivity contribution in [1.82, 2.24) is 38.2 Å². The first kappa shape index (κ1) is 52.2. The van der Waals surface area contributed by atoms with Crippen LogP contribution in [-0.4, -0.2) is 38.2 Å². The molecule has 8 aromatic heterocycles. The van der Waals surface area contributed by atoms with E-state index in [4.69, 9.17) is 28.8 Å². The second-order valence-electron chi connectivity index (χ2n) is 26.3. The predicted octanol–water partition coefficient (Wildman–Crippen LogP) is 21.8. The topological polar surface area (TPSA) is 97.6 Å². The van der Waals surface area contributed by atoms with E-state index in [1.54, 1.807) is 0 Å². The molecular formula is C88H50N8O2. The minimum Gasteiger partial charge on any atom is -0.456 e. The van der Waals surface area contributed by atoms with Gasteiger partial charge in [0, 0.05) is 99.7 Å². The quantitative estimate of drug-likeness (QED) is 0.165. The molecular weight excluding hydrogens is 1200 g/mol. The lowest BCUT2D eigenvalue weighted by Crippen LogP contribution is -2.28. The minimum absolute atomic E-state index is 0.0509. The zero-order chi connectivity index (χ0) is 63.6. The molecule has 454 valence electrons. The van der Waals surface area contributed by atoms with Crippen LogP contribution in [0.4, 0.5) is 0 Å². The van der Waals surface area contributed by atoms with E-state index in [9.17, 15) is 0 Å². The number of furan rings is 2. The Labute approximate surface area is 557 Å². The average molecular weight is 1250 g/mol. The van der Waals surface area contributed by atoms with Gasteiger partial charge in [0.2, 0.25) is 11.9 Å². The Kier molecular flexibility index (Phi) is 10.3. The summed E-state index contributed by atoms with van der Waals surface area (Å²) in [7, 11) is 0. The van der Waals surface area contributed by atoms with Crippen molar-refractivity contribution in [2.75, 3.05) is 0 Å². The van der Waals surface area contributed by atoms with E-state index < -0.39 is 0 Å². The first-order valence-electron chi connectivity index (χ1n) is 33.4. The summed E-state index contributed by atoms with van der Waals surface area (Å²) in [5.41, 5.74) is 23.2. The molecule has 8 heterocycles. The zero-order valence-corrected chi connectivity index (χ0v) is 52.3. The molecule has 0 radical (unpaired) electrons. The monoisotopic (exact) mass is 1250 g/mol. The van der Waals surface area contributed by atoms with Gasteiger partial charge in [0.05, 0.1) is 55.5 Å². The molecule has 0 N–H and O–H groups in total. The zero-order valence-electron chi connectivity index (χ0n) is 52.3. The van der Waals surface area contributed by atoms with E-state index in [2.05, 4.69) is 285 Å². The van der Waals surface area contributed by atoms with Gasteiger partial charge < -0.3 is 8.83 Å². The second kappa shape index (κ2) is 19.2. The van der Waals surface area contributed by atoms with E-state index in [0.29, 0.717) is 11.9 Å². The Hall–Kier alpha value is -13.2. The highest BCUT2D eigenvalue weighted by Gasteiger charge is 2.45. The van der Waals surface area contributed by atoms with Crippen LogP contribution in [0, 0.1) is 0 Å². The number of nitrogens with zero attached hydrogens (tertiary/aromatic N) is 8. The molecule has 0 saturated heterocycles. The molecule has 10 heteroatoms. The third kappa shape index (κ3) is 6.98. The first-order valence-corrected chi connectivity index (χ1v) is 33.4. The molecule has 0 saturated carbocycles. The molecule has 0 atom stereocenters. The van der Waals surface area contributed by atoms with E-state index in [0.717, 1.165) is 154 Å². The molecule has 0 aliphatic heterocycles. The largest absolute Gasteiger partial charge is 0.456 e. The van der Waals surface area contributed by atoms with E-state index in [1.807, 2.05) is 24.3 Å². The first-order chi connectivity index (χ1) is 48.6. The maximum Gasteiger partial charge on any atom is 0.237 e. The molecule has 21 aromatic rings. The van der Waals surface area contributed by atoms with Gasteiger partial charge in [-0.05, 0) is 130 Å². The summed E-state index contributed by atoms with van der Waals surface area (Å²) in [4.78, 5) is 23.0. The average Bonchev–Trinajstić information content (AvgIpc) is 1.07. The minimum atomic E-state index is -0.166. The Morgan fingerprint density at radius 2 is 0.571 bits per heavy atom. The molecule has 3 aliphatic carbocycles. The van der Waals surface area contributed by atoms with Crippen LogP contribution in [0.15, 0.2) is 300 Å². The van der Waals surface area contributed by atoms with Crippen LogP contribution in [0.5, 0.6) is 0 Å². The van der Waals surface area contributed by atoms with Crippen LogP contribution in [0.2, 0.25) is 0 Å². The fourth-order valence-corrected chi connectivity index (χ4v) is 17.4. The standard InChI is InChI=1S/C88H50N8O2/c1-2-26-58-57(25-1)81-61-39-41-73-82(59-27-7-15-33-71(59)95(73)87-89-65(49-37-43-77-63(45-49)55-23-9-17-35-75(55)97-77)47-79(91-87)93-67-29-11-3-19-51(67)52-20-4-12-30-68(52)93)85(61)84(58)86-62(81)40-42-74-83(86)60-28-8-16-34-72(60)96(74)88-90-66(50-38-44-78-64(46-50)56-24-10-18-36-76(56)98-78)48-80(92-88)94-69-31-13-5-21-53(69)54-22-6-14-32-70(54)94/h1-48,81,84H. The van der Waals surface area contributed by atoms with Crippen LogP contribution < -0.4 is 0 Å². The van der Waals surface area contributed by atoms with Gasteiger partial charge in [-0.3, -0.25) is 18.3 Å². The maximum absolute atomic E-state index is 6.41. The predicted molar refractivity (Wildman–Crippen MR) is 395 cm³/mol. The molecule has 98 heavy (non-hydrogen) atoms. The summed E-state index contributed by atoms with van der Waals surface area (Å²) >= 11 is 0. The lowest BCUT2D eigenvalue weighted by molar-refractivity contribution is 0.668. The summed E-state index contributed by atoms with van der Waals surface area (Å²) in [5, 5.41) is 13.5. The second-order valence-corrected chi connectivity index (χ2v) is 26.3. The van der Waals surface area contributed by atoms with Crippen molar-refractivity contribution in [3.05, 3.63) is 325 Å². The fourth-order valence-electron chi connectivity index (χ4n) is 17.4. The van der Waals surface area contributed by atoms with Gasteiger partial charge in [-0.15, -0.1) is 0 Å². The molecule has 10 nitrogen and oxygen atoms in total. The highest BCUT2D eigenvalue weighted by molar-refractivity contribution is 6.17. The van der Waals surface area contributed by atoms with Gasteiger partial charge in [0.1, 0.15) is 34.0 Å². The molecule has 3 aliphatic rings. The Morgan fingerprint density at radius 1 is 0.235 bits per heavy atom. The van der Waals surface area contributed by atoms with Crippen LogP contribution in [0.3, 0.4) is 0 Å². The molecule has 2 bridgehead atoms. The lowest BCUT2D eigenvalue weighted by Gasteiger charge is -2.43. The molecule has 13 aromatic carbocycles. The molecule has 0 fully saturated rings. The van der Waals surface area contributed by atoms with Crippen LogP contribution in [0.25, 0.3) is 177 Å². The summed E-state index contributed by atoms with van der Waals surface area (Å²) in [6, 6.07) is 105. The van der Waals surface area contributed by atoms with Gasteiger partial charge >= 0.3 is 0 Å². The van der Waals surface area contributed by atoms with Crippen LogP contribution >= 0.6 is 0 Å². The summed E-state index contributed by atoms with van der Waals surface area (Å²) in [6.07, 6.45) is 0. The Balaban J connectivity index is 0.775. The third-order valence-electron chi connectivity index (χ3n) is 21.4. The normalized spacial score (nSPS) is 14.3. The van der Waals surface area contributed by atoms with E-state index in [1.165, 1.54) is 44.2 Å². The summed E-state index contributed by atoms with van der Waals surface area (Å²) in [6.45, 7) is 0. The van der Waals surface area contributed by atoms with Crippen LogP contribution in [0.1, 0.15) is 45.2 Å². The highest BCUT2D eigenvalue weighted by Crippen LogP contribution is 2.61. The van der Waals surface area contributed by atoms with Crippen LogP contribution in [-0.2, 0) is 0 Å². The van der Waals surface area contributed by atoms with Crippen molar-refractivity contribution in [1.29, 1.82) is 0 Å². The number of para-hydroxylation sites is 8. The van der Waals surface area contributed by atoms with Crippen molar-refractivity contribution in [2.45, 2.75) is 11.8 Å². The molecule has 24 rings (SSSR count). The van der Waals surface area contributed by atoms with Gasteiger partial charge in [-0.1, -0.05) is 182 Å². The highest BCUT2D eigenvalue weighted by atomic mass is 16.3. The lowest BCUT2D eigenvalue weighted by atomic mass is 9.59. The van der Waals surface area contributed by atoms with Gasteiger partial charge in [0.25, 0.3) is 0 Å². The number of aromatic nitrogens is 8. The third-order valence-corrected chi connectivity index (χ3v) is 21.4. The van der Waals surface area contributed by atoms with Crippen molar-refractivity contribution in [3.8, 4) is 46.0 Å². The Bertz CT molecular complexity index is 6600.